The van der Waals surface area contributed by atoms with Crippen molar-refractivity contribution < 1.29 is 0 Å². The van der Waals surface area contributed by atoms with E-state index in [0.29, 0.717) is 16.2 Å². The average molecular weight is 438 g/mol. The van der Waals surface area contributed by atoms with E-state index in [0.717, 1.165) is 47.3 Å². The summed E-state index contributed by atoms with van der Waals surface area (Å²) in [5.41, 5.74) is 2.09. The van der Waals surface area contributed by atoms with Crippen molar-refractivity contribution in [2.24, 2.45) is 63.6 Å². The lowest BCUT2D eigenvalue weighted by Crippen LogP contribution is -2.81. The lowest BCUT2D eigenvalue weighted by Gasteiger charge is -2.88. The second kappa shape index (κ2) is 9.30. The summed E-state index contributed by atoms with van der Waals surface area (Å²) in [5, 5.41) is 0. The predicted octanol–water partition coefficient (Wildman–Crippen LogP) is 7.44. The first kappa shape index (κ1) is 25.2. The fourth-order valence-electron chi connectivity index (χ4n) is 11.4. The van der Waals surface area contributed by atoms with Gasteiger partial charge in [0.2, 0.25) is 0 Å². The van der Waals surface area contributed by atoms with Crippen LogP contribution in [0.2, 0.25) is 12.6 Å². The van der Waals surface area contributed by atoms with Gasteiger partial charge in [0.05, 0.1) is 0 Å². The Morgan fingerprint density at radius 1 is 1.00 bits per heavy atom. The van der Waals surface area contributed by atoms with Gasteiger partial charge >= 0.3 is 0 Å². The van der Waals surface area contributed by atoms with Gasteiger partial charge in [0.15, 0.2) is 0 Å². The van der Waals surface area contributed by atoms with Crippen molar-refractivity contribution in [3.8, 4) is 0 Å². The van der Waals surface area contributed by atoms with E-state index in [2.05, 4.69) is 57.2 Å². The van der Waals surface area contributed by atoms with Crippen molar-refractivity contribution in [2.75, 3.05) is 0 Å². The molecule has 4 fully saturated rings. The van der Waals surface area contributed by atoms with E-state index in [9.17, 15) is 0 Å². The van der Waals surface area contributed by atoms with Gasteiger partial charge < -0.3 is 0 Å². The maximum Gasteiger partial charge on any atom is 0.102 e. The number of hydrogen-bond donors (Lipinski definition) is 0. The van der Waals surface area contributed by atoms with Gasteiger partial charge in [0.25, 0.3) is 0 Å². The molecule has 0 nitrogen and oxygen atoms in total. The normalized spacial score (nSPS) is 49.8. The van der Waals surface area contributed by atoms with Crippen molar-refractivity contribution in [3.05, 3.63) is 0 Å². The Balaban J connectivity index is 1.72. The summed E-state index contributed by atoms with van der Waals surface area (Å²) >= 11 is 0. The molecule has 0 aromatic rings. The molecule has 0 aliphatic heterocycles. The lowest BCUT2D eigenvalue weighted by atomic mass is 9.16. The van der Waals surface area contributed by atoms with Crippen molar-refractivity contribution in [3.63, 3.8) is 0 Å². The SMILES string of the molecule is BCCCC1CCCCC(C(C)CC(C)CC)C2CC34CC(C)C13CC4(CB)C(C)C2C. The highest BCUT2D eigenvalue weighted by atomic mass is 14.9. The maximum absolute atomic E-state index is 2.72. The van der Waals surface area contributed by atoms with Gasteiger partial charge in [-0.1, -0.05) is 86.3 Å². The van der Waals surface area contributed by atoms with E-state index in [4.69, 9.17) is 0 Å². The van der Waals surface area contributed by atoms with Crippen LogP contribution < -0.4 is 0 Å². The minimum atomic E-state index is 0.670. The first-order valence-corrected chi connectivity index (χ1v) is 15.2. The summed E-state index contributed by atoms with van der Waals surface area (Å²) in [6, 6.07) is 0. The third-order valence-electron chi connectivity index (χ3n) is 13.3. The van der Waals surface area contributed by atoms with E-state index < -0.39 is 0 Å². The van der Waals surface area contributed by atoms with Crippen LogP contribution in [0.3, 0.4) is 0 Å². The summed E-state index contributed by atoms with van der Waals surface area (Å²) in [4.78, 5) is 0. The van der Waals surface area contributed by atoms with E-state index in [1.54, 1.807) is 25.7 Å². The van der Waals surface area contributed by atoms with E-state index >= 15 is 0 Å². The zero-order valence-corrected chi connectivity index (χ0v) is 23.3. The van der Waals surface area contributed by atoms with Crippen LogP contribution in [0.25, 0.3) is 0 Å². The first-order chi connectivity index (χ1) is 15.2. The quantitative estimate of drug-likeness (QED) is 0.346. The van der Waals surface area contributed by atoms with Crippen LogP contribution in [0.5, 0.6) is 0 Å². The number of fused-ring (bicyclic) bond motifs is 1. The van der Waals surface area contributed by atoms with E-state index in [-0.39, 0.29) is 0 Å². The van der Waals surface area contributed by atoms with Crippen molar-refractivity contribution in [2.45, 2.75) is 125 Å². The fourth-order valence-corrected chi connectivity index (χ4v) is 11.4. The van der Waals surface area contributed by atoms with Gasteiger partial charge in [-0.05, 0) is 102 Å². The zero-order chi connectivity index (χ0) is 23.3. The molecule has 4 aliphatic carbocycles. The molecule has 4 aliphatic rings. The molecule has 4 saturated carbocycles. The average Bonchev–Trinajstić information content (AvgIpc) is 2.77. The largest absolute Gasteiger partial charge is 0.102 e. The minimum absolute atomic E-state index is 0.670. The molecule has 1 spiro atoms. The van der Waals surface area contributed by atoms with Gasteiger partial charge in [0.1, 0.15) is 15.7 Å². The molecule has 2 heteroatoms. The van der Waals surface area contributed by atoms with E-state index in [1.807, 2.05) is 0 Å². The van der Waals surface area contributed by atoms with Crippen LogP contribution in [0.4, 0.5) is 0 Å². The highest BCUT2D eigenvalue weighted by molar-refractivity contribution is 6.09. The highest BCUT2D eigenvalue weighted by Crippen LogP contribution is 2.90. The molecule has 0 radical (unpaired) electrons. The molecular weight excluding hydrogens is 382 g/mol. The molecule has 0 aromatic carbocycles. The van der Waals surface area contributed by atoms with Crippen LogP contribution in [-0.4, -0.2) is 15.7 Å². The number of rotatable bonds is 8. The second-order valence-electron chi connectivity index (χ2n) is 13.9. The zero-order valence-electron chi connectivity index (χ0n) is 23.3. The Hall–Kier alpha value is 0.130. The molecule has 0 N–H and O–H groups in total. The summed E-state index contributed by atoms with van der Waals surface area (Å²) in [5.74, 6) is 7.64. The molecule has 0 aromatic heterocycles. The number of hydrogen-bond acceptors (Lipinski definition) is 0. The topological polar surface area (TPSA) is 0 Å². The van der Waals surface area contributed by atoms with Gasteiger partial charge in [-0.25, -0.2) is 0 Å². The summed E-state index contributed by atoms with van der Waals surface area (Å²) in [6.45, 7) is 15.7. The molecule has 32 heavy (non-hydrogen) atoms. The predicted molar refractivity (Wildman–Crippen MR) is 147 cm³/mol. The monoisotopic (exact) mass is 438 g/mol. The highest BCUT2D eigenvalue weighted by Gasteiger charge is 2.83. The molecule has 11 atom stereocenters. The summed E-state index contributed by atoms with van der Waals surface area (Å²) in [6.07, 6.45) is 19.5. The van der Waals surface area contributed by atoms with Crippen LogP contribution >= 0.6 is 0 Å². The third-order valence-corrected chi connectivity index (χ3v) is 13.3. The molecule has 2 bridgehead atoms. The van der Waals surface area contributed by atoms with Crippen LogP contribution in [0, 0.1) is 63.6 Å². The summed E-state index contributed by atoms with van der Waals surface area (Å²) in [7, 11) is 4.99. The van der Waals surface area contributed by atoms with Gasteiger partial charge in [-0.3, -0.25) is 0 Å². The van der Waals surface area contributed by atoms with Gasteiger partial charge in [-0.2, -0.15) is 0 Å². The second-order valence-corrected chi connectivity index (χ2v) is 13.9. The molecule has 0 heterocycles. The standard InChI is InChI=1S/C30H56B2/c1-7-20(2)15-21(3)26-13-9-8-11-25(12-10-14-31)30-18-28(19-32)24(6)23(5)27(26)17-29(28,30)16-22(30)4/h20-27H,7-19,31-32H2,1-6H3. The van der Waals surface area contributed by atoms with Gasteiger partial charge in [-0.15, -0.1) is 0 Å². The van der Waals surface area contributed by atoms with Crippen LogP contribution in [0.1, 0.15) is 112 Å². The Morgan fingerprint density at radius 3 is 2.34 bits per heavy atom. The van der Waals surface area contributed by atoms with E-state index in [1.165, 1.54) is 57.6 Å². The fraction of sp³-hybridized carbons (Fsp3) is 1.00. The molecule has 0 amide bonds. The smallest absolute Gasteiger partial charge is 0.0810 e. The van der Waals surface area contributed by atoms with Crippen LogP contribution in [-0.2, 0) is 0 Å². The lowest BCUT2D eigenvalue weighted by molar-refractivity contribution is -0.390. The summed E-state index contributed by atoms with van der Waals surface area (Å²) < 4.78 is 0. The molecule has 0 saturated heterocycles. The Bertz CT molecular complexity index is 647. The van der Waals surface area contributed by atoms with Crippen molar-refractivity contribution >= 4 is 15.7 Å². The molecular formula is C30H56B2. The van der Waals surface area contributed by atoms with Gasteiger partial charge in [0, 0.05) is 0 Å². The Morgan fingerprint density at radius 2 is 1.72 bits per heavy atom. The first-order valence-electron chi connectivity index (χ1n) is 15.2. The molecule has 182 valence electrons. The Kier molecular flexibility index (Phi) is 7.33. The Labute approximate surface area is 204 Å². The third kappa shape index (κ3) is 3.29. The molecule has 4 rings (SSSR count). The van der Waals surface area contributed by atoms with Crippen molar-refractivity contribution in [1.29, 1.82) is 0 Å². The maximum atomic E-state index is 2.72. The molecule has 11 unspecified atom stereocenters. The minimum Gasteiger partial charge on any atom is -0.0810 e. The van der Waals surface area contributed by atoms with Crippen LogP contribution in [0.15, 0.2) is 0 Å². The van der Waals surface area contributed by atoms with Crippen molar-refractivity contribution in [1.82, 2.24) is 0 Å².